The largest absolute Gasteiger partial charge is 0.481 e. The first-order valence-corrected chi connectivity index (χ1v) is 17.3. The summed E-state index contributed by atoms with van der Waals surface area (Å²) in [6, 6.07) is 17.1. The third-order valence-electron chi connectivity index (χ3n) is 9.72. The average Bonchev–Trinajstić information content (AvgIpc) is 3.75. The van der Waals surface area contributed by atoms with Crippen molar-refractivity contribution in [3.63, 3.8) is 0 Å². The van der Waals surface area contributed by atoms with E-state index in [1.54, 1.807) is 30.9 Å². The van der Waals surface area contributed by atoms with E-state index in [2.05, 4.69) is 15.1 Å². The quantitative estimate of drug-likeness (QED) is 0.198. The van der Waals surface area contributed by atoms with E-state index < -0.39 is 0 Å². The van der Waals surface area contributed by atoms with Crippen molar-refractivity contribution < 1.29 is 19.1 Å². The van der Waals surface area contributed by atoms with Crippen LogP contribution in [0.15, 0.2) is 65.6 Å². The van der Waals surface area contributed by atoms with Crippen molar-refractivity contribution in [2.24, 2.45) is 13.0 Å². The second kappa shape index (κ2) is 14.1. The predicted molar refractivity (Wildman–Crippen MR) is 195 cm³/mol. The topological polar surface area (TPSA) is 123 Å². The van der Waals surface area contributed by atoms with Crippen LogP contribution in [0.2, 0.25) is 10.0 Å². The molecule has 2 aliphatic heterocycles. The summed E-state index contributed by atoms with van der Waals surface area (Å²) in [7, 11) is 6.63. The van der Waals surface area contributed by atoms with Gasteiger partial charge >= 0.3 is 5.97 Å². The van der Waals surface area contributed by atoms with Gasteiger partial charge in [0.25, 0.3) is 5.56 Å². The number of benzene rings is 2. The number of amides is 1. The van der Waals surface area contributed by atoms with Crippen molar-refractivity contribution in [3.05, 3.63) is 92.6 Å². The van der Waals surface area contributed by atoms with Crippen LogP contribution in [-0.2, 0) is 34.5 Å². The van der Waals surface area contributed by atoms with Crippen LogP contribution < -0.4 is 15.6 Å². The van der Waals surface area contributed by atoms with Crippen molar-refractivity contribution in [1.82, 2.24) is 34.3 Å². The normalized spacial score (nSPS) is 16.5. The molecule has 3 aromatic heterocycles. The standard InChI is InChI=1S/C37H37Cl2N7O5/c1-43(30-13-14-32(47)41-30)16-21-11-12-28(40-35(21)50-3)27-10-6-9-26(34(27)39)25-8-5-7-24(33(25)38)22-15-29-36(48)44(2)31(42-46(29)19-22)20-45-17-23(18-45)37(49)51-4/h5-12,15,19,23,30H,13-14,16-18,20H2,1-4H3,(H,41,47)/t30-/m0/s1. The van der Waals surface area contributed by atoms with E-state index in [4.69, 9.17) is 42.8 Å². The first kappa shape index (κ1) is 34.7. The highest BCUT2D eigenvalue weighted by Crippen LogP contribution is 2.42. The maximum atomic E-state index is 13.4. The number of carbonyl (C=O) groups is 2. The summed E-state index contributed by atoms with van der Waals surface area (Å²) in [6.07, 6.45) is 3.04. The molecule has 51 heavy (non-hydrogen) atoms. The Labute approximate surface area is 304 Å². The Morgan fingerprint density at radius 3 is 2.35 bits per heavy atom. The number of nitrogens with zero attached hydrogens (tertiary/aromatic N) is 6. The van der Waals surface area contributed by atoms with E-state index in [1.807, 2.05) is 55.6 Å². The van der Waals surface area contributed by atoms with Gasteiger partial charge in [-0.25, -0.2) is 9.50 Å². The maximum Gasteiger partial charge on any atom is 0.311 e. The summed E-state index contributed by atoms with van der Waals surface area (Å²) in [4.78, 5) is 45.9. The summed E-state index contributed by atoms with van der Waals surface area (Å²) in [5, 5.41) is 8.69. The molecule has 0 saturated carbocycles. The molecule has 2 aliphatic rings. The fourth-order valence-corrected chi connectivity index (χ4v) is 7.46. The fraction of sp³-hybridized carbons (Fsp3) is 0.324. The van der Waals surface area contributed by atoms with E-state index in [-0.39, 0.29) is 29.5 Å². The van der Waals surface area contributed by atoms with Gasteiger partial charge in [-0.3, -0.25) is 28.8 Å². The molecule has 12 nitrogen and oxygen atoms in total. The summed E-state index contributed by atoms with van der Waals surface area (Å²) >= 11 is 14.2. The minimum Gasteiger partial charge on any atom is -0.481 e. The molecule has 0 spiro atoms. The highest BCUT2D eigenvalue weighted by molar-refractivity contribution is 6.39. The third kappa shape index (κ3) is 6.60. The van der Waals surface area contributed by atoms with Gasteiger partial charge in [-0.15, -0.1) is 0 Å². The van der Waals surface area contributed by atoms with Gasteiger partial charge in [-0.2, -0.15) is 5.10 Å². The number of carbonyl (C=O) groups excluding carboxylic acids is 2. The molecule has 2 aromatic carbocycles. The molecule has 2 saturated heterocycles. The Morgan fingerprint density at radius 1 is 1.00 bits per heavy atom. The van der Waals surface area contributed by atoms with Gasteiger partial charge in [0.15, 0.2) is 0 Å². The second-order valence-corrected chi connectivity index (χ2v) is 13.7. The number of hydrogen-bond donors (Lipinski definition) is 1. The number of esters is 1. The smallest absolute Gasteiger partial charge is 0.311 e. The lowest BCUT2D eigenvalue weighted by atomic mass is 9.97. The molecular weight excluding hydrogens is 693 g/mol. The number of methoxy groups -OCH3 is 2. The van der Waals surface area contributed by atoms with Gasteiger partial charge in [0.2, 0.25) is 11.8 Å². The number of nitrogens with one attached hydrogen (secondary N) is 1. The van der Waals surface area contributed by atoms with Crippen LogP contribution in [0.3, 0.4) is 0 Å². The van der Waals surface area contributed by atoms with Gasteiger partial charge in [0.1, 0.15) is 11.3 Å². The lowest BCUT2D eigenvalue weighted by molar-refractivity contribution is -0.151. The minimum atomic E-state index is -0.228. The molecule has 0 bridgehead atoms. The number of ether oxygens (including phenoxy) is 2. The zero-order valence-corrected chi connectivity index (χ0v) is 30.2. The Kier molecular flexibility index (Phi) is 9.60. The Bertz CT molecular complexity index is 2230. The van der Waals surface area contributed by atoms with Crippen LogP contribution in [0, 0.1) is 5.92 Å². The molecule has 5 aromatic rings. The number of likely N-dealkylation sites (tertiary alicyclic amines) is 1. The molecule has 2 fully saturated rings. The highest BCUT2D eigenvalue weighted by Gasteiger charge is 2.34. The van der Waals surface area contributed by atoms with E-state index in [9.17, 15) is 14.4 Å². The summed E-state index contributed by atoms with van der Waals surface area (Å²) < 4.78 is 13.6. The maximum absolute atomic E-state index is 13.4. The summed E-state index contributed by atoms with van der Waals surface area (Å²) in [5.74, 6) is 0.720. The zero-order chi connectivity index (χ0) is 36.0. The number of pyridine rings is 1. The molecule has 0 unspecified atom stereocenters. The molecule has 7 rings (SSSR count). The van der Waals surface area contributed by atoms with E-state index >= 15 is 0 Å². The second-order valence-electron chi connectivity index (χ2n) is 13.0. The number of hydrogen-bond acceptors (Lipinski definition) is 9. The van der Waals surface area contributed by atoms with Gasteiger partial charge in [0, 0.05) is 72.7 Å². The highest BCUT2D eigenvalue weighted by atomic mass is 35.5. The Morgan fingerprint density at radius 2 is 1.69 bits per heavy atom. The van der Waals surface area contributed by atoms with Crippen molar-refractivity contribution in [2.75, 3.05) is 34.4 Å². The van der Waals surface area contributed by atoms with Gasteiger partial charge < -0.3 is 14.8 Å². The van der Waals surface area contributed by atoms with Gasteiger partial charge in [-0.1, -0.05) is 65.7 Å². The van der Waals surface area contributed by atoms with Gasteiger partial charge in [-0.05, 0) is 25.6 Å². The molecule has 1 N–H and O–H groups in total. The van der Waals surface area contributed by atoms with Crippen molar-refractivity contribution in [3.8, 4) is 39.4 Å². The molecule has 0 aliphatic carbocycles. The predicted octanol–water partition coefficient (Wildman–Crippen LogP) is 5.02. The summed E-state index contributed by atoms with van der Waals surface area (Å²) in [6.45, 7) is 2.08. The van der Waals surface area contributed by atoms with Crippen LogP contribution in [-0.4, -0.2) is 81.4 Å². The van der Waals surface area contributed by atoms with Crippen LogP contribution in [0.1, 0.15) is 24.2 Å². The molecule has 14 heteroatoms. The SMILES string of the molecule is COC(=O)C1CN(Cc2nn3cc(-c4cccc(-c5cccc(-c6ccc(CN(C)[C@H]7CCC(=O)N7)c(OC)n6)c5Cl)c4Cl)cc3c(=O)n2C)C1. The number of fused-ring (bicyclic) bond motifs is 1. The number of rotatable bonds is 10. The van der Waals surface area contributed by atoms with Crippen molar-refractivity contribution in [2.45, 2.75) is 32.1 Å². The van der Waals surface area contributed by atoms with Gasteiger partial charge in [0.05, 0.1) is 48.6 Å². The lowest BCUT2D eigenvalue weighted by Gasteiger charge is -2.37. The lowest BCUT2D eigenvalue weighted by Crippen LogP contribution is -2.50. The first-order chi connectivity index (χ1) is 24.6. The third-order valence-corrected chi connectivity index (χ3v) is 10.5. The van der Waals surface area contributed by atoms with E-state index in [0.29, 0.717) is 71.1 Å². The van der Waals surface area contributed by atoms with Crippen LogP contribution >= 0.6 is 23.2 Å². The van der Waals surface area contributed by atoms with Crippen molar-refractivity contribution in [1.29, 1.82) is 0 Å². The van der Waals surface area contributed by atoms with Crippen LogP contribution in [0.4, 0.5) is 0 Å². The molecule has 1 amide bonds. The first-order valence-electron chi connectivity index (χ1n) is 16.6. The van der Waals surface area contributed by atoms with Crippen molar-refractivity contribution >= 4 is 40.6 Å². The minimum absolute atomic E-state index is 0.0306. The van der Waals surface area contributed by atoms with Crippen LogP contribution in [0.5, 0.6) is 5.88 Å². The summed E-state index contributed by atoms with van der Waals surface area (Å²) in [5.41, 5.74) is 5.37. The molecule has 5 heterocycles. The Balaban J connectivity index is 1.16. The molecule has 0 radical (unpaired) electrons. The molecule has 264 valence electrons. The zero-order valence-electron chi connectivity index (χ0n) is 28.7. The number of aromatic nitrogens is 4. The Hall–Kier alpha value is -4.75. The molecule has 1 atom stereocenters. The van der Waals surface area contributed by atoms with E-state index in [1.165, 1.54) is 11.7 Å². The monoisotopic (exact) mass is 729 g/mol. The average molecular weight is 731 g/mol. The van der Waals surface area contributed by atoms with Crippen LogP contribution in [0.25, 0.3) is 39.0 Å². The molecular formula is C37H37Cl2N7O5. The van der Waals surface area contributed by atoms with E-state index in [0.717, 1.165) is 34.2 Å². The number of halogens is 2. The fourth-order valence-electron chi connectivity index (χ4n) is 6.80.